The Kier molecular flexibility index (Phi) is 15.2. The van der Waals surface area contributed by atoms with Gasteiger partial charge >= 0.3 is 0 Å². The predicted octanol–water partition coefficient (Wildman–Crippen LogP) is 9.08. The van der Waals surface area contributed by atoms with E-state index in [1.54, 1.807) is 0 Å². The van der Waals surface area contributed by atoms with E-state index in [0.717, 1.165) is 25.7 Å². The van der Waals surface area contributed by atoms with E-state index < -0.39 is 0 Å². The standard InChI is InChI=1S/C26H48N2/c1-5-9-19-23(17-7-3)25-21-15-13-11-12-14-16-22-26(28-27-25)24(18-8-4)20-10-6-2/h13-16,23-26H,5-12,17-22H2,1-4H3/b15-13-,16-14-,28-27?. The molecule has 4 unspecified atom stereocenters. The molecule has 4 atom stereocenters. The molecule has 2 heteroatoms. The third kappa shape index (κ3) is 10.6. The summed E-state index contributed by atoms with van der Waals surface area (Å²) in [6.07, 6.45) is 26.8. The lowest BCUT2D eigenvalue weighted by atomic mass is 9.87. The first-order valence-electron chi connectivity index (χ1n) is 12.5. The van der Waals surface area contributed by atoms with Crippen LogP contribution in [0, 0.1) is 11.8 Å². The van der Waals surface area contributed by atoms with Crippen molar-refractivity contribution in [2.45, 2.75) is 130 Å². The van der Waals surface area contributed by atoms with Crippen LogP contribution >= 0.6 is 0 Å². The summed E-state index contributed by atoms with van der Waals surface area (Å²) in [6, 6.07) is 0.754. The smallest absolute Gasteiger partial charge is 0.0770 e. The zero-order valence-electron chi connectivity index (χ0n) is 19.4. The topological polar surface area (TPSA) is 24.7 Å². The Labute approximate surface area is 176 Å². The van der Waals surface area contributed by atoms with E-state index in [1.165, 1.54) is 64.2 Å². The summed E-state index contributed by atoms with van der Waals surface area (Å²) in [5.74, 6) is 1.38. The number of azo groups is 1. The van der Waals surface area contributed by atoms with Gasteiger partial charge in [0.2, 0.25) is 0 Å². The lowest BCUT2D eigenvalue weighted by molar-refractivity contribution is 0.316. The van der Waals surface area contributed by atoms with Gasteiger partial charge in [-0.1, -0.05) is 90.5 Å². The van der Waals surface area contributed by atoms with Gasteiger partial charge < -0.3 is 0 Å². The SMILES string of the molecule is CCCCC(CCC)C1C/C=C\CC/C=C\CC(C(CCC)CCCC)N=N1. The summed E-state index contributed by atoms with van der Waals surface area (Å²) in [5, 5.41) is 10.1. The highest BCUT2D eigenvalue weighted by Gasteiger charge is 2.23. The van der Waals surface area contributed by atoms with Crippen molar-refractivity contribution in [3.8, 4) is 0 Å². The van der Waals surface area contributed by atoms with Crippen molar-refractivity contribution in [2.24, 2.45) is 22.1 Å². The van der Waals surface area contributed by atoms with Gasteiger partial charge in [-0.15, -0.1) is 0 Å². The minimum Gasteiger partial charge on any atom is -0.190 e. The van der Waals surface area contributed by atoms with Crippen molar-refractivity contribution in [1.29, 1.82) is 0 Å². The van der Waals surface area contributed by atoms with Gasteiger partial charge in [0.25, 0.3) is 0 Å². The molecule has 0 radical (unpaired) electrons. The van der Waals surface area contributed by atoms with Gasteiger partial charge in [-0.3, -0.25) is 0 Å². The zero-order chi connectivity index (χ0) is 20.5. The molecule has 0 bridgehead atoms. The lowest BCUT2D eigenvalue weighted by Crippen LogP contribution is -2.22. The fourth-order valence-corrected chi connectivity index (χ4v) is 4.47. The second-order valence-electron chi connectivity index (χ2n) is 8.74. The van der Waals surface area contributed by atoms with Gasteiger partial charge in [-0.2, -0.15) is 10.2 Å². The summed E-state index contributed by atoms with van der Waals surface area (Å²) in [6.45, 7) is 9.24. The second-order valence-corrected chi connectivity index (χ2v) is 8.74. The van der Waals surface area contributed by atoms with Crippen molar-refractivity contribution in [1.82, 2.24) is 0 Å². The summed E-state index contributed by atoms with van der Waals surface area (Å²) < 4.78 is 0. The monoisotopic (exact) mass is 388 g/mol. The van der Waals surface area contributed by atoms with Crippen LogP contribution in [0.25, 0.3) is 0 Å². The van der Waals surface area contributed by atoms with E-state index >= 15 is 0 Å². The predicted molar refractivity (Wildman–Crippen MR) is 125 cm³/mol. The average Bonchev–Trinajstić information content (AvgIpc) is 2.69. The van der Waals surface area contributed by atoms with Gasteiger partial charge in [-0.05, 0) is 63.2 Å². The summed E-state index contributed by atoms with van der Waals surface area (Å²) >= 11 is 0. The Bertz CT molecular complexity index is 398. The molecule has 0 fully saturated rings. The van der Waals surface area contributed by atoms with E-state index in [-0.39, 0.29) is 0 Å². The van der Waals surface area contributed by atoms with Crippen LogP contribution in [-0.2, 0) is 0 Å². The van der Waals surface area contributed by atoms with Crippen molar-refractivity contribution >= 4 is 0 Å². The fraction of sp³-hybridized carbons (Fsp3) is 0.846. The first kappa shape index (κ1) is 25.1. The Morgan fingerprint density at radius 2 is 1.04 bits per heavy atom. The van der Waals surface area contributed by atoms with E-state index in [1.807, 2.05) is 0 Å². The molecule has 1 aliphatic rings. The number of rotatable bonds is 12. The zero-order valence-corrected chi connectivity index (χ0v) is 19.4. The molecule has 162 valence electrons. The van der Waals surface area contributed by atoms with E-state index in [2.05, 4.69) is 52.0 Å². The van der Waals surface area contributed by atoms with Crippen molar-refractivity contribution in [2.75, 3.05) is 0 Å². The van der Waals surface area contributed by atoms with Gasteiger partial charge in [0.15, 0.2) is 0 Å². The maximum absolute atomic E-state index is 5.06. The maximum Gasteiger partial charge on any atom is 0.0770 e. The molecular formula is C26H48N2. The van der Waals surface area contributed by atoms with E-state index in [9.17, 15) is 0 Å². The second kappa shape index (κ2) is 17.0. The molecule has 1 aliphatic heterocycles. The lowest BCUT2D eigenvalue weighted by Gasteiger charge is -2.25. The quantitative estimate of drug-likeness (QED) is 0.298. The Balaban J connectivity index is 3.01. The first-order chi connectivity index (χ1) is 13.8. The molecule has 28 heavy (non-hydrogen) atoms. The highest BCUT2D eigenvalue weighted by atomic mass is 15.1. The third-order valence-electron chi connectivity index (χ3n) is 6.22. The molecule has 0 aromatic heterocycles. The minimum absolute atomic E-state index is 0.377. The molecule has 0 N–H and O–H groups in total. The molecule has 0 aromatic rings. The first-order valence-corrected chi connectivity index (χ1v) is 12.5. The Morgan fingerprint density at radius 3 is 1.39 bits per heavy atom. The Morgan fingerprint density at radius 1 is 0.607 bits per heavy atom. The molecule has 0 amide bonds. The van der Waals surface area contributed by atoms with Gasteiger partial charge in [0.1, 0.15) is 0 Å². The Hall–Kier alpha value is -0.920. The summed E-state index contributed by atoms with van der Waals surface area (Å²) in [4.78, 5) is 0. The molecular weight excluding hydrogens is 340 g/mol. The number of hydrogen-bond donors (Lipinski definition) is 0. The fourth-order valence-electron chi connectivity index (χ4n) is 4.47. The molecule has 2 nitrogen and oxygen atoms in total. The van der Waals surface area contributed by atoms with Crippen molar-refractivity contribution in [3.05, 3.63) is 24.3 Å². The number of unbranched alkanes of at least 4 members (excludes halogenated alkanes) is 2. The van der Waals surface area contributed by atoms with Crippen LogP contribution in [0.4, 0.5) is 0 Å². The molecule has 0 spiro atoms. The molecule has 0 saturated carbocycles. The van der Waals surface area contributed by atoms with E-state index in [4.69, 9.17) is 10.2 Å². The van der Waals surface area contributed by atoms with Crippen LogP contribution < -0.4 is 0 Å². The van der Waals surface area contributed by atoms with Crippen LogP contribution in [0.5, 0.6) is 0 Å². The molecule has 1 heterocycles. The molecule has 0 aromatic carbocycles. The number of nitrogens with zero attached hydrogens (tertiary/aromatic N) is 2. The third-order valence-corrected chi connectivity index (χ3v) is 6.22. The highest BCUT2D eigenvalue weighted by Crippen LogP contribution is 2.28. The molecule has 1 rings (SSSR count). The van der Waals surface area contributed by atoms with Crippen LogP contribution in [0.1, 0.15) is 118 Å². The molecule has 0 saturated heterocycles. The van der Waals surface area contributed by atoms with E-state index in [0.29, 0.717) is 23.9 Å². The van der Waals surface area contributed by atoms with Gasteiger partial charge in [0.05, 0.1) is 12.1 Å². The van der Waals surface area contributed by atoms with Crippen LogP contribution in [-0.4, -0.2) is 12.1 Å². The van der Waals surface area contributed by atoms with Gasteiger partial charge in [0, 0.05) is 0 Å². The normalized spacial score (nSPS) is 25.4. The van der Waals surface area contributed by atoms with Crippen LogP contribution in [0.15, 0.2) is 34.5 Å². The summed E-state index contributed by atoms with van der Waals surface area (Å²) in [5.41, 5.74) is 0. The highest BCUT2D eigenvalue weighted by molar-refractivity contribution is 4.95. The number of allylic oxidation sites excluding steroid dienone is 2. The van der Waals surface area contributed by atoms with Crippen LogP contribution in [0.2, 0.25) is 0 Å². The minimum atomic E-state index is 0.377. The van der Waals surface area contributed by atoms with Crippen LogP contribution in [0.3, 0.4) is 0 Å². The average molecular weight is 389 g/mol. The maximum atomic E-state index is 5.06. The van der Waals surface area contributed by atoms with Gasteiger partial charge in [-0.25, -0.2) is 0 Å². The molecule has 0 aliphatic carbocycles. The summed E-state index contributed by atoms with van der Waals surface area (Å²) in [7, 11) is 0. The van der Waals surface area contributed by atoms with Crippen molar-refractivity contribution in [3.63, 3.8) is 0 Å². The number of hydrogen-bond acceptors (Lipinski definition) is 2. The van der Waals surface area contributed by atoms with Crippen molar-refractivity contribution < 1.29 is 0 Å². The largest absolute Gasteiger partial charge is 0.190 e.